The largest absolute Gasteiger partial charge is 0.338 e. The van der Waals surface area contributed by atoms with Crippen molar-refractivity contribution < 1.29 is 14.1 Å². The van der Waals surface area contributed by atoms with E-state index in [4.69, 9.17) is 4.52 Å². The summed E-state index contributed by atoms with van der Waals surface area (Å²) in [6.07, 6.45) is 1.39. The van der Waals surface area contributed by atoms with Gasteiger partial charge in [0.05, 0.1) is 0 Å². The van der Waals surface area contributed by atoms with Gasteiger partial charge in [0, 0.05) is 28.5 Å². The molecule has 0 fully saturated rings. The van der Waals surface area contributed by atoms with E-state index in [0.29, 0.717) is 16.9 Å². The minimum Gasteiger partial charge on any atom is -0.338 e. The van der Waals surface area contributed by atoms with Crippen LogP contribution in [0.1, 0.15) is 10.4 Å². The van der Waals surface area contributed by atoms with E-state index in [2.05, 4.69) is 28.9 Å². The van der Waals surface area contributed by atoms with Gasteiger partial charge in [-0.3, -0.25) is 14.9 Å². The number of nitrogens with zero attached hydrogens (tertiary/aromatic N) is 1. The van der Waals surface area contributed by atoms with E-state index in [9.17, 15) is 9.59 Å². The van der Waals surface area contributed by atoms with Gasteiger partial charge in [0.1, 0.15) is 5.69 Å². The van der Waals surface area contributed by atoms with Gasteiger partial charge in [-0.25, -0.2) is 0 Å². The van der Waals surface area contributed by atoms with Gasteiger partial charge in [-0.15, -0.1) is 0 Å². The number of hydrogen-bond acceptors (Lipinski definition) is 4. The highest BCUT2D eigenvalue weighted by atomic mass is 16.5. The minimum atomic E-state index is -0.315. The molecular weight excluding hydrogens is 342 g/mol. The normalized spacial score (nSPS) is 10.1. The van der Waals surface area contributed by atoms with Gasteiger partial charge < -0.3 is 9.84 Å². The van der Waals surface area contributed by atoms with Gasteiger partial charge in [-0.2, -0.15) is 0 Å². The Labute approximate surface area is 156 Å². The fourth-order valence-electron chi connectivity index (χ4n) is 2.27. The van der Waals surface area contributed by atoms with Crippen molar-refractivity contribution in [2.45, 2.75) is 0 Å². The zero-order chi connectivity index (χ0) is 19.2. The van der Waals surface area contributed by atoms with Crippen molar-refractivity contribution in [3.8, 4) is 11.3 Å². The molecule has 1 heterocycles. The molecule has 0 aliphatic heterocycles. The Hall–Kier alpha value is -3.93. The number of amides is 2. The summed E-state index contributed by atoms with van der Waals surface area (Å²) in [5, 5.41) is 9.33. The van der Waals surface area contributed by atoms with Crippen LogP contribution in [0.4, 0.5) is 11.6 Å². The molecule has 2 N–H and O–H groups in total. The van der Waals surface area contributed by atoms with Crippen molar-refractivity contribution in [1.82, 2.24) is 5.16 Å². The summed E-state index contributed by atoms with van der Waals surface area (Å²) >= 11 is 0. The van der Waals surface area contributed by atoms with Crippen LogP contribution in [0.5, 0.6) is 0 Å². The van der Waals surface area contributed by atoms with Gasteiger partial charge in [0.15, 0.2) is 0 Å². The number of benzene rings is 2. The molecule has 0 aliphatic carbocycles. The molecule has 0 unspecified atom stereocenters. The molecule has 0 bridgehead atoms. The van der Waals surface area contributed by atoms with E-state index in [-0.39, 0.29) is 23.3 Å². The van der Waals surface area contributed by atoms with E-state index < -0.39 is 0 Å². The van der Waals surface area contributed by atoms with Crippen LogP contribution in [0.3, 0.4) is 0 Å². The number of aromatic nitrogens is 1. The summed E-state index contributed by atoms with van der Waals surface area (Å²) in [6.45, 7) is 7.11. The molecule has 0 atom stereocenters. The molecular formula is C21H17N3O3. The number of nitrogens with one attached hydrogen (secondary N) is 2. The summed E-state index contributed by atoms with van der Waals surface area (Å²) < 4.78 is 5.18. The predicted molar refractivity (Wildman–Crippen MR) is 104 cm³/mol. The third-order valence-corrected chi connectivity index (χ3v) is 3.76. The first-order valence-corrected chi connectivity index (χ1v) is 8.13. The molecule has 1 aromatic heterocycles. The van der Waals surface area contributed by atoms with Crippen LogP contribution in [-0.4, -0.2) is 17.0 Å². The Morgan fingerprint density at radius 3 is 2.37 bits per heavy atom. The van der Waals surface area contributed by atoms with Crippen molar-refractivity contribution in [1.29, 1.82) is 0 Å². The standard InChI is InChI=1S/C21H17N3O3/c1-3-14(2)20(25)22-17-11-9-15(10-12-17)18-13-19(27-24-18)23-21(26)16-7-5-4-6-8-16/h3-13H,1-2H2,(H,22,25)(H,23,26). The van der Waals surface area contributed by atoms with Crippen molar-refractivity contribution in [2.24, 2.45) is 0 Å². The summed E-state index contributed by atoms with van der Waals surface area (Å²) in [5.41, 5.74) is 2.77. The van der Waals surface area contributed by atoms with Gasteiger partial charge in [-0.05, 0) is 24.3 Å². The fraction of sp³-hybridized carbons (Fsp3) is 0. The fourth-order valence-corrected chi connectivity index (χ4v) is 2.27. The first-order chi connectivity index (χ1) is 13.1. The van der Waals surface area contributed by atoms with Crippen LogP contribution >= 0.6 is 0 Å². The number of anilines is 2. The van der Waals surface area contributed by atoms with Gasteiger partial charge in [0.2, 0.25) is 5.88 Å². The summed E-state index contributed by atoms with van der Waals surface area (Å²) in [7, 11) is 0. The average molecular weight is 359 g/mol. The summed E-state index contributed by atoms with van der Waals surface area (Å²) in [6, 6.07) is 17.5. The van der Waals surface area contributed by atoms with Crippen molar-refractivity contribution >= 4 is 23.4 Å². The van der Waals surface area contributed by atoms with Gasteiger partial charge in [-0.1, -0.05) is 54.7 Å². The predicted octanol–water partition coefficient (Wildman–Crippen LogP) is 4.27. The third kappa shape index (κ3) is 4.38. The lowest BCUT2D eigenvalue weighted by atomic mass is 10.1. The van der Waals surface area contributed by atoms with Crippen LogP contribution < -0.4 is 10.6 Å². The van der Waals surface area contributed by atoms with E-state index in [0.717, 1.165) is 5.56 Å². The molecule has 0 aliphatic rings. The van der Waals surface area contributed by atoms with E-state index in [1.807, 2.05) is 6.07 Å². The molecule has 0 saturated carbocycles. The smallest absolute Gasteiger partial charge is 0.258 e. The monoisotopic (exact) mass is 359 g/mol. The molecule has 0 saturated heterocycles. The zero-order valence-electron chi connectivity index (χ0n) is 14.4. The Morgan fingerprint density at radius 2 is 1.70 bits per heavy atom. The summed E-state index contributed by atoms with van der Waals surface area (Å²) in [5.74, 6) is -0.345. The maximum atomic E-state index is 12.1. The lowest BCUT2D eigenvalue weighted by molar-refractivity contribution is -0.112. The van der Waals surface area contributed by atoms with Crippen LogP contribution in [-0.2, 0) is 4.79 Å². The Balaban J connectivity index is 1.67. The first-order valence-electron chi connectivity index (χ1n) is 8.13. The van der Waals surface area contributed by atoms with Crippen LogP contribution in [0.15, 0.2) is 90.0 Å². The number of hydrogen-bond donors (Lipinski definition) is 2. The van der Waals surface area contributed by atoms with Crippen LogP contribution in [0, 0.1) is 0 Å². The van der Waals surface area contributed by atoms with Crippen LogP contribution in [0.25, 0.3) is 11.3 Å². The first kappa shape index (κ1) is 17.9. The zero-order valence-corrected chi connectivity index (χ0v) is 14.4. The molecule has 2 amide bonds. The van der Waals surface area contributed by atoms with Crippen LogP contribution in [0.2, 0.25) is 0 Å². The quantitative estimate of drug-likeness (QED) is 0.508. The molecule has 6 nitrogen and oxygen atoms in total. The third-order valence-electron chi connectivity index (χ3n) is 3.76. The van der Waals surface area contributed by atoms with Crippen molar-refractivity contribution in [3.63, 3.8) is 0 Å². The Morgan fingerprint density at radius 1 is 1.00 bits per heavy atom. The Bertz CT molecular complexity index is 989. The second kappa shape index (κ2) is 7.97. The summed E-state index contributed by atoms with van der Waals surface area (Å²) in [4.78, 5) is 23.9. The van der Waals surface area contributed by atoms with Gasteiger partial charge >= 0.3 is 0 Å². The number of carbonyl (C=O) groups is 2. The molecule has 134 valence electrons. The highest BCUT2D eigenvalue weighted by Crippen LogP contribution is 2.24. The molecule has 27 heavy (non-hydrogen) atoms. The second-order valence-corrected chi connectivity index (χ2v) is 5.66. The van der Waals surface area contributed by atoms with E-state index in [1.54, 1.807) is 54.6 Å². The molecule has 6 heteroatoms. The van der Waals surface area contributed by atoms with E-state index >= 15 is 0 Å². The molecule has 3 rings (SSSR count). The molecule has 0 spiro atoms. The van der Waals surface area contributed by atoms with E-state index in [1.165, 1.54) is 6.08 Å². The highest BCUT2D eigenvalue weighted by Gasteiger charge is 2.11. The number of rotatable bonds is 6. The molecule has 0 radical (unpaired) electrons. The maximum Gasteiger partial charge on any atom is 0.258 e. The average Bonchev–Trinajstić information content (AvgIpc) is 3.17. The minimum absolute atomic E-state index is 0.249. The lowest BCUT2D eigenvalue weighted by Gasteiger charge is -2.05. The SMILES string of the molecule is C=CC(=C)C(=O)Nc1ccc(-c2cc(NC(=O)c3ccccc3)on2)cc1. The topological polar surface area (TPSA) is 84.2 Å². The molecule has 3 aromatic rings. The number of carbonyl (C=O) groups excluding carboxylic acids is 2. The lowest BCUT2D eigenvalue weighted by Crippen LogP contribution is -2.12. The van der Waals surface area contributed by atoms with Gasteiger partial charge in [0.25, 0.3) is 11.8 Å². The maximum absolute atomic E-state index is 12.1. The van der Waals surface area contributed by atoms with Crippen molar-refractivity contribution in [2.75, 3.05) is 10.6 Å². The Kier molecular flexibility index (Phi) is 5.28. The van der Waals surface area contributed by atoms with Crippen molar-refractivity contribution in [3.05, 3.63) is 91.0 Å². The second-order valence-electron chi connectivity index (χ2n) is 5.66. The molecule has 2 aromatic carbocycles. The highest BCUT2D eigenvalue weighted by molar-refractivity contribution is 6.05.